The van der Waals surface area contributed by atoms with Crippen molar-refractivity contribution in [2.45, 2.75) is 213 Å². The summed E-state index contributed by atoms with van der Waals surface area (Å²) in [4.78, 5) is 0. The number of fused-ring (bicyclic) bond motifs is 6. The van der Waals surface area contributed by atoms with E-state index in [0.29, 0.717) is 13.2 Å². The van der Waals surface area contributed by atoms with E-state index in [1.54, 1.807) is 0 Å². The topological polar surface area (TPSA) is 102 Å². The van der Waals surface area contributed by atoms with Crippen molar-refractivity contribution in [3.05, 3.63) is 0 Å². The lowest BCUT2D eigenvalue weighted by Gasteiger charge is -2.53. The van der Waals surface area contributed by atoms with Crippen LogP contribution in [0.25, 0.3) is 0 Å². The molecule has 0 N–H and O–H groups in total. The Morgan fingerprint density at radius 3 is 1.04 bits per heavy atom. The van der Waals surface area contributed by atoms with Gasteiger partial charge in [-0.2, -0.15) is 0 Å². The lowest BCUT2D eigenvalue weighted by atomic mass is 9.90. The predicted octanol–water partition coefficient (Wildman–Crippen LogP) is 5.49. The van der Waals surface area contributed by atoms with Crippen LogP contribution in [0.4, 0.5) is 0 Å². The summed E-state index contributed by atoms with van der Waals surface area (Å²) in [5, 5.41) is 0. The van der Waals surface area contributed by atoms with Crippen LogP contribution >= 0.6 is 0 Å². The number of hydrogen-bond acceptors (Lipinski definition) is 11. The zero-order chi connectivity index (χ0) is 31.1. The van der Waals surface area contributed by atoms with E-state index in [2.05, 4.69) is 0 Å². The first-order chi connectivity index (χ1) is 23.0. The molecule has 4 spiro atoms. The summed E-state index contributed by atoms with van der Waals surface area (Å²) >= 11 is 0. The van der Waals surface area contributed by atoms with Crippen molar-refractivity contribution in [2.75, 3.05) is 13.2 Å². The van der Waals surface area contributed by atoms with Crippen molar-refractivity contribution in [1.82, 2.24) is 0 Å². The highest BCUT2D eigenvalue weighted by molar-refractivity contribution is 5.05. The molecule has 10 atom stereocenters. The molecule has 10 fully saturated rings. The zero-order valence-electron chi connectivity index (χ0n) is 27.8. The van der Waals surface area contributed by atoms with E-state index in [-0.39, 0.29) is 36.6 Å². The van der Waals surface area contributed by atoms with Crippen molar-refractivity contribution in [1.29, 1.82) is 0 Å². The monoisotopic (exact) mass is 662 g/mol. The molecule has 264 valence electrons. The Morgan fingerprint density at radius 2 is 0.660 bits per heavy atom. The second-order valence-electron chi connectivity index (χ2n) is 16.2. The highest BCUT2D eigenvalue weighted by Crippen LogP contribution is 2.52. The van der Waals surface area contributed by atoms with E-state index >= 15 is 0 Å². The third-order valence-corrected chi connectivity index (χ3v) is 13.0. The Hall–Kier alpha value is -0.440. The van der Waals surface area contributed by atoms with Gasteiger partial charge in [-0.05, 0) is 51.4 Å². The first-order valence-electron chi connectivity index (χ1n) is 19.4. The van der Waals surface area contributed by atoms with Crippen molar-refractivity contribution in [2.24, 2.45) is 0 Å². The highest BCUT2D eigenvalue weighted by Gasteiger charge is 2.66. The largest absolute Gasteiger partial charge is 0.347 e. The Bertz CT molecular complexity index is 1040. The van der Waals surface area contributed by atoms with Crippen LogP contribution in [0.1, 0.15) is 128 Å². The fourth-order valence-corrected chi connectivity index (χ4v) is 10.6. The van der Waals surface area contributed by atoms with Crippen molar-refractivity contribution in [3.63, 3.8) is 0 Å². The van der Waals surface area contributed by atoms with Gasteiger partial charge in [0.15, 0.2) is 35.7 Å². The molecule has 0 bridgehead atoms. The summed E-state index contributed by atoms with van der Waals surface area (Å²) in [6, 6.07) is 0. The van der Waals surface area contributed by atoms with Crippen molar-refractivity contribution in [3.8, 4) is 0 Å². The third-order valence-electron chi connectivity index (χ3n) is 13.0. The Kier molecular flexibility index (Phi) is 8.04. The van der Waals surface area contributed by atoms with Gasteiger partial charge in [0, 0.05) is 51.4 Å². The minimum atomic E-state index is -0.737. The van der Waals surface area contributed by atoms with Gasteiger partial charge in [0.2, 0.25) is 0 Å². The van der Waals surface area contributed by atoms with Gasteiger partial charge >= 0.3 is 0 Å². The van der Waals surface area contributed by atoms with Crippen LogP contribution in [-0.2, 0) is 52.1 Å². The molecular weight excluding hydrogens is 608 g/mol. The van der Waals surface area contributed by atoms with Gasteiger partial charge < -0.3 is 52.1 Å². The minimum absolute atomic E-state index is 0.277. The average molecular weight is 663 g/mol. The summed E-state index contributed by atoms with van der Waals surface area (Å²) < 4.78 is 74.8. The smallest absolute Gasteiger partial charge is 0.190 e. The Balaban J connectivity index is 0.928. The van der Waals surface area contributed by atoms with E-state index in [1.165, 1.54) is 25.7 Å². The third kappa shape index (κ3) is 5.48. The maximum Gasteiger partial charge on any atom is 0.190 e. The minimum Gasteiger partial charge on any atom is -0.347 e. The quantitative estimate of drug-likeness (QED) is 0.375. The predicted molar refractivity (Wildman–Crippen MR) is 163 cm³/mol. The molecule has 6 aliphatic heterocycles. The lowest BCUT2D eigenvalue weighted by molar-refractivity contribution is -0.420. The molecule has 0 radical (unpaired) electrons. The molecule has 0 aromatic rings. The summed E-state index contributed by atoms with van der Waals surface area (Å²) in [6.45, 7) is 0.887. The molecule has 10 aliphatic rings. The van der Waals surface area contributed by atoms with Crippen molar-refractivity contribution >= 4 is 0 Å². The van der Waals surface area contributed by atoms with Crippen LogP contribution in [0.15, 0.2) is 0 Å². The molecule has 11 nitrogen and oxygen atoms in total. The first-order valence-corrected chi connectivity index (χ1v) is 19.4. The van der Waals surface area contributed by atoms with Gasteiger partial charge in [-0.25, -0.2) is 0 Å². The SMILES string of the molecule is C1CCC2(CC1)OCC1OC(OC3OC4COC5(CCCCC5)OC4C4OC5(CCCCC5)OC34)C3OC4(CCCCC4)OC3C1O2. The molecule has 4 aliphatic carbocycles. The maximum absolute atomic E-state index is 6.94. The Labute approximate surface area is 278 Å². The molecular formula is C36H54O11. The number of rotatable bonds is 2. The first kappa shape index (κ1) is 31.3. The van der Waals surface area contributed by atoms with Gasteiger partial charge in [-0.1, -0.05) is 25.7 Å². The molecule has 6 heterocycles. The molecule has 0 aromatic heterocycles. The molecule has 4 saturated carbocycles. The molecule has 10 rings (SSSR count). The van der Waals surface area contributed by atoms with E-state index in [4.69, 9.17) is 52.1 Å². The second-order valence-corrected chi connectivity index (χ2v) is 16.2. The van der Waals surface area contributed by atoms with Gasteiger partial charge in [-0.3, -0.25) is 0 Å². The second kappa shape index (κ2) is 12.1. The maximum atomic E-state index is 6.94. The molecule has 10 unspecified atom stereocenters. The van der Waals surface area contributed by atoms with Crippen LogP contribution in [0.2, 0.25) is 0 Å². The van der Waals surface area contributed by atoms with Crippen LogP contribution in [0, 0.1) is 0 Å². The van der Waals surface area contributed by atoms with E-state index in [0.717, 1.165) is 103 Å². The summed E-state index contributed by atoms with van der Waals surface area (Å²) in [6.07, 6.45) is 16.5. The van der Waals surface area contributed by atoms with Crippen LogP contribution in [0.5, 0.6) is 0 Å². The molecule has 6 saturated heterocycles. The number of ether oxygens (including phenoxy) is 11. The standard InChI is InChI=1S/C36H54O11/c1-5-13-33(14-6-1)37-21-23-25(42-33)27-29(46-35(44-27)17-9-3-10-18-35)31(39-23)41-32-30-28(45-36(47-30)19-11-4-12-20-36)26-24(40-32)22-38-34(43-26)15-7-2-8-16-34/h23-32H,1-22H2. The van der Waals surface area contributed by atoms with E-state index in [9.17, 15) is 0 Å². The molecule has 47 heavy (non-hydrogen) atoms. The van der Waals surface area contributed by atoms with Crippen LogP contribution in [-0.4, -0.2) is 97.8 Å². The molecule has 11 heteroatoms. The molecule has 0 amide bonds. The van der Waals surface area contributed by atoms with Crippen molar-refractivity contribution < 1.29 is 52.1 Å². The zero-order valence-corrected chi connectivity index (χ0v) is 27.8. The fourth-order valence-electron chi connectivity index (χ4n) is 10.6. The van der Waals surface area contributed by atoms with Gasteiger partial charge in [-0.15, -0.1) is 0 Å². The normalized spacial score (nSPS) is 47.7. The van der Waals surface area contributed by atoms with Gasteiger partial charge in [0.1, 0.15) is 48.8 Å². The van der Waals surface area contributed by atoms with Crippen LogP contribution < -0.4 is 0 Å². The number of hydrogen-bond donors (Lipinski definition) is 0. The average Bonchev–Trinajstić information content (AvgIpc) is 3.66. The van der Waals surface area contributed by atoms with E-state index in [1.807, 2.05) is 0 Å². The van der Waals surface area contributed by atoms with E-state index < -0.39 is 47.9 Å². The van der Waals surface area contributed by atoms with Gasteiger partial charge in [0.05, 0.1) is 13.2 Å². The fraction of sp³-hybridized carbons (Fsp3) is 1.00. The summed E-state index contributed by atoms with van der Waals surface area (Å²) in [5.41, 5.74) is 0. The lowest BCUT2D eigenvalue weighted by Crippen LogP contribution is -2.68. The van der Waals surface area contributed by atoms with Crippen LogP contribution in [0.3, 0.4) is 0 Å². The summed E-state index contributed by atoms with van der Waals surface area (Å²) in [5.74, 6) is -2.37. The molecule has 0 aromatic carbocycles. The van der Waals surface area contributed by atoms with Gasteiger partial charge in [0.25, 0.3) is 0 Å². The summed E-state index contributed by atoms with van der Waals surface area (Å²) in [7, 11) is 0. The Morgan fingerprint density at radius 1 is 0.340 bits per heavy atom. The highest BCUT2D eigenvalue weighted by atomic mass is 16.9.